The van der Waals surface area contributed by atoms with Crippen molar-refractivity contribution in [1.82, 2.24) is 14.8 Å². The van der Waals surface area contributed by atoms with Gasteiger partial charge in [0, 0.05) is 17.8 Å². The van der Waals surface area contributed by atoms with Gasteiger partial charge in [-0.15, -0.1) is 10.2 Å². The van der Waals surface area contributed by atoms with Crippen LogP contribution in [0, 0.1) is 0 Å². The zero-order valence-electron chi connectivity index (χ0n) is 16.3. The van der Waals surface area contributed by atoms with Crippen molar-refractivity contribution in [2.75, 3.05) is 18.2 Å². The molecule has 0 aliphatic heterocycles. The number of ether oxygens (including phenoxy) is 1. The second-order valence-corrected chi connectivity index (χ2v) is 7.11. The van der Waals surface area contributed by atoms with Gasteiger partial charge in [-0.25, -0.2) is 0 Å². The molecule has 0 saturated heterocycles. The molecule has 6 nitrogen and oxygen atoms in total. The Bertz CT molecular complexity index is 938. The smallest absolute Gasteiger partial charge is 0.234 e. The topological polar surface area (TPSA) is 69.0 Å². The summed E-state index contributed by atoms with van der Waals surface area (Å²) in [4.78, 5) is 12.3. The van der Waals surface area contributed by atoms with Crippen LogP contribution in [0.5, 0.6) is 5.75 Å². The number of nitrogens with one attached hydrogen (secondary N) is 1. The van der Waals surface area contributed by atoms with Gasteiger partial charge in [-0.1, -0.05) is 30.8 Å². The van der Waals surface area contributed by atoms with Gasteiger partial charge in [-0.3, -0.25) is 4.79 Å². The van der Waals surface area contributed by atoms with Gasteiger partial charge < -0.3 is 14.6 Å². The first-order valence-electron chi connectivity index (χ1n) is 9.23. The molecule has 0 aliphatic carbocycles. The number of aryl methyl sites for hydroxylation is 1. The molecule has 0 atom stereocenters. The maximum absolute atomic E-state index is 12.3. The van der Waals surface area contributed by atoms with Crippen LogP contribution in [-0.2, 0) is 17.8 Å². The quantitative estimate of drug-likeness (QED) is 0.576. The van der Waals surface area contributed by atoms with Gasteiger partial charge in [0.2, 0.25) is 5.91 Å². The fourth-order valence-electron chi connectivity index (χ4n) is 2.83. The average Bonchev–Trinajstić information content (AvgIpc) is 3.15. The highest BCUT2D eigenvalue weighted by molar-refractivity contribution is 7.99. The lowest BCUT2D eigenvalue weighted by Crippen LogP contribution is -2.14. The van der Waals surface area contributed by atoms with E-state index >= 15 is 0 Å². The maximum atomic E-state index is 12.3. The van der Waals surface area contributed by atoms with Crippen molar-refractivity contribution in [3.63, 3.8) is 0 Å². The molecule has 146 valence electrons. The summed E-state index contributed by atoms with van der Waals surface area (Å²) in [6, 6.07) is 15.6. The highest BCUT2D eigenvalue weighted by Crippen LogP contribution is 2.25. The number of benzene rings is 2. The number of amides is 1. The Hall–Kier alpha value is -2.80. The average molecular weight is 397 g/mol. The molecule has 0 fully saturated rings. The molecule has 0 saturated carbocycles. The van der Waals surface area contributed by atoms with Gasteiger partial charge in [0.05, 0.1) is 12.9 Å². The molecule has 0 spiro atoms. The largest absolute Gasteiger partial charge is 0.497 e. The van der Waals surface area contributed by atoms with Gasteiger partial charge in [-0.05, 0) is 55.3 Å². The molecular formula is C21H24N4O2S. The highest BCUT2D eigenvalue weighted by Gasteiger charge is 2.15. The van der Waals surface area contributed by atoms with Gasteiger partial charge >= 0.3 is 0 Å². The van der Waals surface area contributed by atoms with Crippen LogP contribution in [0.3, 0.4) is 0 Å². The second-order valence-electron chi connectivity index (χ2n) is 6.17. The minimum atomic E-state index is -0.0603. The Morgan fingerprint density at radius 1 is 1.14 bits per heavy atom. The minimum absolute atomic E-state index is 0.0603. The summed E-state index contributed by atoms with van der Waals surface area (Å²) in [7, 11) is 1.64. The number of aromatic nitrogens is 3. The minimum Gasteiger partial charge on any atom is -0.497 e. The predicted octanol–water partition coefficient (Wildman–Crippen LogP) is 4.27. The molecule has 0 radical (unpaired) electrons. The Balaban J connectivity index is 1.67. The first-order valence-corrected chi connectivity index (χ1v) is 10.2. The number of anilines is 1. The van der Waals surface area contributed by atoms with E-state index in [4.69, 9.17) is 4.74 Å². The third kappa shape index (κ3) is 4.72. The van der Waals surface area contributed by atoms with E-state index in [0.29, 0.717) is 0 Å². The van der Waals surface area contributed by atoms with Gasteiger partial charge in [0.1, 0.15) is 5.75 Å². The molecule has 1 aromatic heterocycles. The number of carbonyl (C=O) groups is 1. The van der Waals surface area contributed by atoms with Crippen molar-refractivity contribution in [3.05, 3.63) is 54.1 Å². The van der Waals surface area contributed by atoms with E-state index in [2.05, 4.69) is 28.5 Å². The van der Waals surface area contributed by atoms with Crippen LogP contribution in [0.1, 0.15) is 19.4 Å². The predicted molar refractivity (Wildman–Crippen MR) is 113 cm³/mol. The summed E-state index contributed by atoms with van der Waals surface area (Å²) in [5.41, 5.74) is 2.98. The number of methoxy groups -OCH3 is 1. The number of rotatable bonds is 8. The third-order valence-electron chi connectivity index (χ3n) is 4.33. The third-order valence-corrected chi connectivity index (χ3v) is 5.30. The fourth-order valence-corrected chi connectivity index (χ4v) is 3.63. The SMILES string of the molecule is CCc1cccc(NC(=O)CSc2nnc(-c3ccc(OC)cc3)n2CC)c1. The van der Waals surface area contributed by atoms with Crippen LogP contribution in [-0.4, -0.2) is 33.5 Å². The molecule has 28 heavy (non-hydrogen) atoms. The normalized spacial score (nSPS) is 10.7. The molecule has 3 rings (SSSR count). The number of carbonyl (C=O) groups excluding carboxylic acids is 1. The summed E-state index contributed by atoms with van der Waals surface area (Å²) in [5.74, 6) is 1.79. The number of hydrogen-bond acceptors (Lipinski definition) is 5. The summed E-state index contributed by atoms with van der Waals surface area (Å²) in [5, 5.41) is 12.3. The van der Waals surface area contributed by atoms with E-state index in [0.717, 1.165) is 40.9 Å². The molecule has 7 heteroatoms. The van der Waals surface area contributed by atoms with Crippen LogP contribution >= 0.6 is 11.8 Å². The van der Waals surface area contributed by atoms with E-state index < -0.39 is 0 Å². The Morgan fingerprint density at radius 2 is 1.93 bits per heavy atom. The molecule has 3 aromatic rings. The summed E-state index contributed by atoms with van der Waals surface area (Å²) in [6.45, 7) is 4.85. The second kappa shape index (κ2) is 9.41. The summed E-state index contributed by atoms with van der Waals surface area (Å²) in [6.07, 6.45) is 0.937. The highest BCUT2D eigenvalue weighted by atomic mass is 32.2. The Labute approximate surface area is 169 Å². The zero-order chi connectivity index (χ0) is 19.9. The van der Waals surface area contributed by atoms with Crippen LogP contribution < -0.4 is 10.1 Å². The molecule has 2 aromatic carbocycles. The van der Waals surface area contributed by atoms with E-state index in [9.17, 15) is 4.79 Å². The van der Waals surface area contributed by atoms with Crippen LogP contribution in [0.2, 0.25) is 0 Å². The lowest BCUT2D eigenvalue weighted by Gasteiger charge is -2.09. The lowest BCUT2D eigenvalue weighted by molar-refractivity contribution is -0.113. The molecule has 0 unspecified atom stereocenters. The first kappa shape index (κ1) is 19.9. The van der Waals surface area contributed by atoms with E-state index in [1.807, 2.05) is 54.0 Å². The van der Waals surface area contributed by atoms with Gasteiger partial charge in [-0.2, -0.15) is 0 Å². The van der Waals surface area contributed by atoms with Crippen molar-refractivity contribution >= 4 is 23.4 Å². The molecule has 0 bridgehead atoms. The maximum Gasteiger partial charge on any atom is 0.234 e. The van der Waals surface area contributed by atoms with Crippen molar-refractivity contribution in [3.8, 4) is 17.1 Å². The van der Waals surface area contributed by atoms with E-state index in [1.54, 1.807) is 7.11 Å². The lowest BCUT2D eigenvalue weighted by atomic mass is 10.1. The van der Waals surface area contributed by atoms with Crippen LogP contribution in [0.25, 0.3) is 11.4 Å². The summed E-state index contributed by atoms with van der Waals surface area (Å²) >= 11 is 1.38. The Morgan fingerprint density at radius 3 is 2.61 bits per heavy atom. The monoisotopic (exact) mass is 396 g/mol. The zero-order valence-corrected chi connectivity index (χ0v) is 17.1. The first-order chi connectivity index (χ1) is 13.6. The van der Waals surface area contributed by atoms with Crippen molar-refractivity contribution < 1.29 is 9.53 Å². The fraction of sp³-hybridized carbons (Fsp3) is 0.286. The van der Waals surface area contributed by atoms with E-state index in [-0.39, 0.29) is 11.7 Å². The standard InChI is InChI=1S/C21H24N4O2S/c1-4-15-7-6-8-17(13-15)22-19(26)14-28-21-24-23-20(25(21)5-2)16-9-11-18(27-3)12-10-16/h6-13H,4-5,14H2,1-3H3,(H,22,26). The molecular weight excluding hydrogens is 372 g/mol. The molecule has 1 amide bonds. The number of thioether (sulfide) groups is 1. The van der Waals surface area contributed by atoms with E-state index in [1.165, 1.54) is 17.3 Å². The molecule has 0 aliphatic rings. The van der Waals surface area contributed by atoms with Crippen LogP contribution in [0.15, 0.2) is 53.7 Å². The van der Waals surface area contributed by atoms with Crippen molar-refractivity contribution in [1.29, 1.82) is 0 Å². The van der Waals surface area contributed by atoms with Crippen molar-refractivity contribution in [2.45, 2.75) is 32.0 Å². The molecule has 1 N–H and O–H groups in total. The summed E-state index contributed by atoms with van der Waals surface area (Å²) < 4.78 is 7.22. The number of hydrogen-bond donors (Lipinski definition) is 1. The van der Waals surface area contributed by atoms with Crippen molar-refractivity contribution in [2.24, 2.45) is 0 Å². The molecule has 1 heterocycles. The number of nitrogens with zero attached hydrogens (tertiary/aromatic N) is 3. The van der Waals surface area contributed by atoms with Gasteiger partial charge in [0.15, 0.2) is 11.0 Å². The Kier molecular flexibility index (Phi) is 6.71. The van der Waals surface area contributed by atoms with Gasteiger partial charge in [0.25, 0.3) is 0 Å². The van der Waals surface area contributed by atoms with Crippen LogP contribution in [0.4, 0.5) is 5.69 Å².